The van der Waals surface area contributed by atoms with Crippen molar-refractivity contribution in [2.75, 3.05) is 25.0 Å². The van der Waals surface area contributed by atoms with E-state index >= 15 is 0 Å². The Labute approximate surface area is 187 Å². The summed E-state index contributed by atoms with van der Waals surface area (Å²) in [5.74, 6) is -1.07. The molecule has 4 N–H and O–H groups in total. The third-order valence-electron chi connectivity index (χ3n) is 5.07. The molecule has 1 aliphatic heterocycles. The zero-order valence-electron chi connectivity index (χ0n) is 18.1. The van der Waals surface area contributed by atoms with Crippen molar-refractivity contribution in [2.45, 2.75) is 37.7 Å². The van der Waals surface area contributed by atoms with Crippen LogP contribution in [0.3, 0.4) is 0 Å². The highest BCUT2D eigenvalue weighted by atomic mass is 32.2. The van der Waals surface area contributed by atoms with Gasteiger partial charge in [-0.15, -0.1) is 0 Å². The quantitative estimate of drug-likeness (QED) is 0.444. The number of nitrogens with one attached hydrogen (secondary N) is 4. The van der Waals surface area contributed by atoms with E-state index in [-0.39, 0.29) is 29.7 Å². The SMILES string of the molecule is Cc1ccc(NCC(=O)NNC(=O)c2cccc(S(=O)(=O)NCC3CCCO3)c2)c(C)c1. The lowest BCUT2D eigenvalue weighted by molar-refractivity contribution is -0.120. The van der Waals surface area contributed by atoms with Gasteiger partial charge < -0.3 is 10.1 Å². The summed E-state index contributed by atoms with van der Waals surface area (Å²) >= 11 is 0. The Bertz CT molecular complexity index is 1080. The maximum Gasteiger partial charge on any atom is 0.269 e. The Balaban J connectivity index is 1.51. The van der Waals surface area contributed by atoms with E-state index in [2.05, 4.69) is 20.9 Å². The molecule has 0 radical (unpaired) electrons. The third kappa shape index (κ3) is 6.52. The van der Waals surface area contributed by atoms with Gasteiger partial charge >= 0.3 is 0 Å². The van der Waals surface area contributed by atoms with Gasteiger partial charge in [0, 0.05) is 24.4 Å². The Morgan fingerprint density at radius 1 is 1.09 bits per heavy atom. The Morgan fingerprint density at radius 3 is 2.62 bits per heavy atom. The maximum absolute atomic E-state index is 12.5. The first kappa shape index (κ1) is 23.7. The zero-order chi connectivity index (χ0) is 23.1. The van der Waals surface area contributed by atoms with Crippen LogP contribution in [-0.2, 0) is 19.6 Å². The minimum absolute atomic E-state index is 0.0360. The van der Waals surface area contributed by atoms with Gasteiger partial charge in [0.25, 0.3) is 11.8 Å². The van der Waals surface area contributed by atoms with Crippen molar-refractivity contribution in [3.63, 3.8) is 0 Å². The summed E-state index contributed by atoms with van der Waals surface area (Å²) < 4.78 is 33.0. The topological polar surface area (TPSA) is 126 Å². The van der Waals surface area contributed by atoms with Gasteiger partial charge in [-0.2, -0.15) is 0 Å². The number of ether oxygens (including phenoxy) is 1. The highest BCUT2D eigenvalue weighted by molar-refractivity contribution is 7.89. The lowest BCUT2D eigenvalue weighted by Crippen LogP contribution is -2.44. The molecular weight excluding hydrogens is 432 g/mol. The number of hydrogen-bond acceptors (Lipinski definition) is 6. The maximum atomic E-state index is 12.5. The van der Waals surface area contributed by atoms with E-state index in [0.29, 0.717) is 6.61 Å². The van der Waals surface area contributed by atoms with Crippen molar-refractivity contribution in [3.8, 4) is 0 Å². The lowest BCUT2D eigenvalue weighted by atomic mass is 10.1. The average Bonchev–Trinajstić information content (AvgIpc) is 3.29. The van der Waals surface area contributed by atoms with E-state index < -0.39 is 21.8 Å². The van der Waals surface area contributed by atoms with Gasteiger partial charge in [-0.1, -0.05) is 23.8 Å². The van der Waals surface area contributed by atoms with E-state index in [9.17, 15) is 18.0 Å². The second-order valence-corrected chi connectivity index (χ2v) is 9.46. The first-order valence-electron chi connectivity index (χ1n) is 10.4. The Kier molecular flexibility index (Phi) is 7.84. The minimum atomic E-state index is -3.79. The highest BCUT2D eigenvalue weighted by Crippen LogP contribution is 2.16. The second-order valence-electron chi connectivity index (χ2n) is 7.69. The first-order chi connectivity index (χ1) is 15.2. The molecule has 1 aliphatic rings. The number of hydrazine groups is 1. The molecule has 0 spiro atoms. The van der Waals surface area contributed by atoms with Crippen molar-refractivity contribution >= 4 is 27.5 Å². The molecule has 0 aliphatic carbocycles. The highest BCUT2D eigenvalue weighted by Gasteiger charge is 2.21. The molecule has 2 aromatic carbocycles. The summed E-state index contributed by atoms with van der Waals surface area (Å²) in [7, 11) is -3.79. The number of amides is 2. The molecule has 1 atom stereocenters. The Morgan fingerprint density at radius 2 is 1.91 bits per heavy atom. The number of carbonyl (C=O) groups is 2. The number of sulfonamides is 1. The minimum Gasteiger partial charge on any atom is -0.377 e. The molecule has 1 heterocycles. The van der Waals surface area contributed by atoms with E-state index in [4.69, 9.17) is 4.74 Å². The summed E-state index contributed by atoms with van der Waals surface area (Å²) in [6.07, 6.45) is 1.58. The number of hydrogen-bond donors (Lipinski definition) is 4. The molecule has 172 valence electrons. The van der Waals surface area contributed by atoms with Crippen LogP contribution in [0, 0.1) is 13.8 Å². The normalized spacial score (nSPS) is 15.9. The van der Waals surface area contributed by atoms with Gasteiger partial charge in [0.05, 0.1) is 17.5 Å². The fraction of sp³-hybridized carbons (Fsp3) is 0.364. The van der Waals surface area contributed by atoms with Crippen LogP contribution in [0.2, 0.25) is 0 Å². The smallest absolute Gasteiger partial charge is 0.269 e. The van der Waals surface area contributed by atoms with Crippen molar-refractivity contribution in [3.05, 3.63) is 59.2 Å². The molecule has 2 amide bonds. The average molecular weight is 461 g/mol. The fourth-order valence-corrected chi connectivity index (χ4v) is 4.44. The molecule has 3 rings (SSSR count). The fourth-order valence-electron chi connectivity index (χ4n) is 3.33. The number of rotatable bonds is 8. The molecule has 9 nitrogen and oxygen atoms in total. The van der Waals surface area contributed by atoms with Crippen LogP contribution >= 0.6 is 0 Å². The predicted molar refractivity (Wildman–Crippen MR) is 121 cm³/mol. The molecule has 0 bridgehead atoms. The van der Waals surface area contributed by atoms with Gasteiger partial charge in [-0.3, -0.25) is 20.4 Å². The zero-order valence-corrected chi connectivity index (χ0v) is 18.9. The van der Waals surface area contributed by atoms with Gasteiger partial charge in [0.2, 0.25) is 10.0 Å². The first-order valence-corrected chi connectivity index (χ1v) is 11.8. The molecule has 1 fully saturated rings. The third-order valence-corrected chi connectivity index (χ3v) is 6.49. The van der Waals surface area contributed by atoms with Crippen molar-refractivity contribution in [2.24, 2.45) is 0 Å². The molecule has 2 aromatic rings. The second kappa shape index (κ2) is 10.6. The summed E-state index contributed by atoms with van der Waals surface area (Å²) in [5.41, 5.74) is 7.68. The van der Waals surface area contributed by atoms with E-state index in [1.165, 1.54) is 24.3 Å². The standard InChI is InChI=1S/C22H28N4O5S/c1-15-8-9-20(16(2)11-15)23-14-21(27)25-26-22(28)17-5-3-7-19(12-17)32(29,30)24-13-18-6-4-10-31-18/h3,5,7-9,11-12,18,23-24H,4,6,10,13-14H2,1-2H3,(H,25,27)(H,26,28). The van der Waals surface area contributed by atoms with Crippen LogP contribution in [0.1, 0.15) is 34.3 Å². The molecule has 10 heteroatoms. The van der Waals surface area contributed by atoms with Crippen molar-refractivity contribution in [1.29, 1.82) is 0 Å². The molecule has 1 unspecified atom stereocenters. The van der Waals surface area contributed by atoms with Gasteiger partial charge in [-0.25, -0.2) is 13.1 Å². The molecule has 32 heavy (non-hydrogen) atoms. The van der Waals surface area contributed by atoms with Crippen LogP contribution in [-0.4, -0.2) is 46.0 Å². The molecule has 0 saturated carbocycles. The number of aryl methyl sites for hydroxylation is 2. The molecule has 0 aromatic heterocycles. The van der Waals surface area contributed by atoms with E-state index in [1.807, 2.05) is 32.0 Å². The van der Waals surface area contributed by atoms with Crippen LogP contribution in [0.4, 0.5) is 5.69 Å². The summed E-state index contributed by atoms with van der Waals surface area (Å²) in [4.78, 5) is 24.4. The largest absolute Gasteiger partial charge is 0.377 e. The van der Waals surface area contributed by atoms with E-state index in [1.54, 1.807) is 0 Å². The van der Waals surface area contributed by atoms with Gasteiger partial charge in [0.15, 0.2) is 0 Å². The number of carbonyl (C=O) groups excluding carboxylic acids is 2. The van der Waals surface area contributed by atoms with Crippen molar-refractivity contribution < 1.29 is 22.7 Å². The van der Waals surface area contributed by atoms with E-state index in [0.717, 1.165) is 29.7 Å². The lowest BCUT2D eigenvalue weighted by Gasteiger charge is -2.13. The summed E-state index contributed by atoms with van der Waals surface area (Å²) in [5, 5.41) is 3.01. The predicted octanol–water partition coefficient (Wildman–Crippen LogP) is 1.63. The molecular formula is C22H28N4O5S. The van der Waals surface area contributed by atoms with Crippen LogP contribution in [0.25, 0.3) is 0 Å². The van der Waals surface area contributed by atoms with Crippen LogP contribution < -0.4 is 20.9 Å². The number of anilines is 1. The summed E-state index contributed by atoms with van der Waals surface area (Å²) in [6, 6.07) is 11.4. The van der Waals surface area contributed by atoms with Crippen molar-refractivity contribution in [1.82, 2.24) is 15.6 Å². The monoisotopic (exact) mass is 460 g/mol. The number of benzene rings is 2. The van der Waals surface area contributed by atoms with Crippen LogP contribution in [0.5, 0.6) is 0 Å². The summed E-state index contributed by atoms with van der Waals surface area (Å²) in [6.45, 7) is 4.70. The van der Waals surface area contributed by atoms with Gasteiger partial charge in [0.1, 0.15) is 0 Å². The van der Waals surface area contributed by atoms with Gasteiger partial charge in [-0.05, 0) is 56.5 Å². The Hall–Kier alpha value is -2.95. The molecule has 1 saturated heterocycles. The van der Waals surface area contributed by atoms with Crippen LogP contribution in [0.15, 0.2) is 47.4 Å².